The molecule has 2 aliphatic rings. The molecule has 0 saturated carbocycles. The molecule has 0 unspecified atom stereocenters. The molecule has 0 radical (unpaired) electrons. The van der Waals surface area contributed by atoms with E-state index in [9.17, 15) is 9.59 Å². The lowest BCUT2D eigenvalue weighted by Gasteiger charge is -2.28. The predicted molar refractivity (Wildman–Crippen MR) is 108 cm³/mol. The molecule has 150 valence electrons. The highest BCUT2D eigenvalue weighted by Crippen LogP contribution is 2.44. The van der Waals surface area contributed by atoms with Crippen LogP contribution in [0.3, 0.4) is 0 Å². The van der Waals surface area contributed by atoms with E-state index in [1.54, 1.807) is 4.90 Å². The molecule has 0 bridgehead atoms. The second-order valence-corrected chi connectivity index (χ2v) is 7.45. The zero-order valence-corrected chi connectivity index (χ0v) is 16.1. The number of carbonyl (C=O) groups is 2. The molecule has 1 aliphatic heterocycles. The summed E-state index contributed by atoms with van der Waals surface area (Å²) >= 11 is 0. The average Bonchev–Trinajstić information content (AvgIpc) is 3.10. The fraction of sp³-hybridized carbons (Fsp3) is 0.217. The maximum Gasteiger partial charge on any atom is 0.410 e. The van der Waals surface area contributed by atoms with Crippen LogP contribution in [-0.4, -0.2) is 45.2 Å². The highest BCUT2D eigenvalue weighted by Gasteiger charge is 2.30. The summed E-state index contributed by atoms with van der Waals surface area (Å²) in [6, 6.07) is 16.4. The van der Waals surface area contributed by atoms with Gasteiger partial charge in [0.05, 0.1) is 12.2 Å². The van der Waals surface area contributed by atoms with Crippen LogP contribution in [0.25, 0.3) is 11.1 Å². The van der Waals surface area contributed by atoms with Gasteiger partial charge in [-0.05, 0) is 22.3 Å². The van der Waals surface area contributed by atoms with Crippen LogP contribution >= 0.6 is 0 Å². The topological polar surface area (TPSA) is 92.6 Å². The van der Waals surface area contributed by atoms with Gasteiger partial charge in [0.1, 0.15) is 6.61 Å². The third-order valence-corrected chi connectivity index (χ3v) is 5.72. The van der Waals surface area contributed by atoms with Crippen LogP contribution in [0.2, 0.25) is 0 Å². The van der Waals surface area contributed by atoms with Crippen LogP contribution in [0.5, 0.6) is 0 Å². The molecule has 1 N–H and O–H groups in total. The van der Waals surface area contributed by atoms with Gasteiger partial charge in [-0.1, -0.05) is 48.5 Å². The normalized spacial score (nSPS) is 14.6. The molecule has 7 nitrogen and oxygen atoms in total. The Kier molecular flexibility index (Phi) is 4.43. The molecular weight excluding hydrogens is 382 g/mol. The minimum Gasteiger partial charge on any atom is -0.475 e. The van der Waals surface area contributed by atoms with E-state index in [-0.39, 0.29) is 24.4 Å². The molecule has 7 heteroatoms. The summed E-state index contributed by atoms with van der Waals surface area (Å²) in [5.41, 5.74) is 6.14. The Morgan fingerprint density at radius 2 is 1.73 bits per heavy atom. The molecule has 1 amide bonds. The van der Waals surface area contributed by atoms with Crippen molar-refractivity contribution < 1.29 is 19.4 Å². The molecule has 1 aliphatic carbocycles. The van der Waals surface area contributed by atoms with Gasteiger partial charge in [0.25, 0.3) is 0 Å². The van der Waals surface area contributed by atoms with E-state index in [4.69, 9.17) is 9.84 Å². The third kappa shape index (κ3) is 3.08. The van der Waals surface area contributed by atoms with E-state index in [0.29, 0.717) is 25.2 Å². The molecule has 1 aromatic heterocycles. The summed E-state index contributed by atoms with van der Waals surface area (Å²) < 4.78 is 5.71. The van der Waals surface area contributed by atoms with Crippen molar-refractivity contribution in [2.24, 2.45) is 0 Å². The molecular formula is C23H19N3O4. The maximum atomic E-state index is 12.7. The Labute approximate surface area is 173 Å². The zero-order valence-electron chi connectivity index (χ0n) is 16.1. The van der Waals surface area contributed by atoms with Gasteiger partial charge in [-0.15, -0.1) is 0 Å². The van der Waals surface area contributed by atoms with Crippen molar-refractivity contribution in [1.82, 2.24) is 14.9 Å². The van der Waals surface area contributed by atoms with Crippen molar-refractivity contribution in [2.45, 2.75) is 18.9 Å². The second-order valence-electron chi connectivity index (χ2n) is 7.45. The van der Waals surface area contributed by atoms with Crippen molar-refractivity contribution in [1.29, 1.82) is 0 Å². The number of rotatable bonds is 3. The predicted octanol–water partition coefficient (Wildman–Crippen LogP) is 3.48. The largest absolute Gasteiger partial charge is 0.475 e. The van der Waals surface area contributed by atoms with Gasteiger partial charge in [0.2, 0.25) is 5.82 Å². The van der Waals surface area contributed by atoms with Crippen molar-refractivity contribution in [3.05, 3.63) is 82.9 Å². The lowest BCUT2D eigenvalue weighted by Crippen LogP contribution is -2.37. The Bertz CT molecular complexity index is 1120. The zero-order chi connectivity index (χ0) is 20.7. The molecule has 3 aromatic rings. The Hall–Kier alpha value is -3.74. The second kappa shape index (κ2) is 7.26. The van der Waals surface area contributed by atoms with Crippen LogP contribution in [0.4, 0.5) is 4.79 Å². The first-order chi connectivity index (χ1) is 14.6. The lowest BCUT2D eigenvalue weighted by atomic mass is 9.98. The first-order valence-electron chi connectivity index (χ1n) is 9.80. The number of carboxylic acid groups (broad SMARTS) is 1. The maximum absolute atomic E-state index is 12.7. The summed E-state index contributed by atoms with van der Waals surface area (Å²) in [7, 11) is 0. The highest BCUT2D eigenvalue weighted by molar-refractivity contribution is 5.83. The molecule has 2 aromatic carbocycles. The monoisotopic (exact) mass is 401 g/mol. The Balaban J connectivity index is 1.30. The number of hydrogen-bond donors (Lipinski definition) is 1. The van der Waals surface area contributed by atoms with E-state index in [1.807, 2.05) is 24.3 Å². The number of carbonyl (C=O) groups excluding carboxylic acids is 1. The number of ether oxygens (including phenoxy) is 1. The number of benzene rings is 2. The fourth-order valence-electron chi connectivity index (χ4n) is 4.26. The van der Waals surface area contributed by atoms with Crippen LogP contribution in [0.1, 0.15) is 38.9 Å². The van der Waals surface area contributed by atoms with Crippen molar-refractivity contribution >= 4 is 12.1 Å². The number of hydrogen-bond acceptors (Lipinski definition) is 5. The summed E-state index contributed by atoms with van der Waals surface area (Å²) in [5, 5.41) is 9.03. The molecule has 30 heavy (non-hydrogen) atoms. The molecule has 2 heterocycles. The number of aromatic carboxylic acids is 1. The summed E-state index contributed by atoms with van der Waals surface area (Å²) in [6.07, 6.45) is 1.57. The summed E-state index contributed by atoms with van der Waals surface area (Å²) in [6.45, 7) is 1.01. The van der Waals surface area contributed by atoms with Gasteiger partial charge in [0, 0.05) is 30.6 Å². The number of fused-ring (bicyclic) bond motifs is 4. The van der Waals surface area contributed by atoms with Gasteiger partial charge in [-0.25, -0.2) is 19.6 Å². The summed E-state index contributed by atoms with van der Waals surface area (Å²) in [4.78, 5) is 33.3. The van der Waals surface area contributed by atoms with E-state index >= 15 is 0 Å². The number of carboxylic acids is 1. The average molecular weight is 401 g/mol. The summed E-state index contributed by atoms with van der Waals surface area (Å²) in [5.74, 6) is -1.36. The number of nitrogens with zero attached hydrogens (tertiary/aromatic N) is 3. The number of aromatic nitrogens is 2. The SMILES string of the molecule is O=C(O)c1ncc2c(n1)CCN(C(=O)OCC1c3ccccc3-c3ccccc31)C2. The smallest absolute Gasteiger partial charge is 0.410 e. The third-order valence-electron chi connectivity index (χ3n) is 5.72. The fourth-order valence-corrected chi connectivity index (χ4v) is 4.26. The minimum absolute atomic E-state index is 0.0138. The van der Waals surface area contributed by atoms with Gasteiger partial charge in [-0.3, -0.25) is 0 Å². The van der Waals surface area contributed by atoms with Gasteiger partial charge < -0.3 is 14.7 Å². The van der Waals surface area contributed by atoms with E-state index in [0.717, 1.165) is 5.56 Å². The Morgan fingerprint density at radius 1 is 1.07 bits per heavy atom. The lowest BCUT2D eigenvalue weighted by molar-refractivity contribution is 0.0681. The van der Waals surface area contributed by atoms with Gasteiger partial charge >= 0.3 is 12.1 Å². The van der Waals surface area contributed by atoms with Gasteiger partial charge in [-0.2, -0.15) is 0 Å². The van der Waals surface area contributed by atoms with Crippen molar-refractivity contribution in [3.8, 4) is 11.1 Å². The standard InChI is InChI=1S/C23H19N3O4/c27-22(28)21-24-11-14-12-26(10-9-20(14)25-21)23(29)30-13-19-17-7-3-1-5-15(17)16-6-2-4-8-18(16)19/h1-8,11,19H,9-10,12-13H2,(H,27,28). The number of amides is 1. The minimum atomic E-state index is -1.16. The first-order valence-corrected chi connectivity index (χ1v) is 9.80. The molecule has 0 spiro atoms. The van der Waals surface area contributed by atoms with Crippen molar-refractivity contribution in [3.63, 3.8) is 0 Å². The first kappa shape index (κ1) is 18.3. The van der Waals surface area contributed by atoms with E-state index in [1.165, 1.54) is 28.5 Å². The molecule has 0 fully saturated rings. The van der Waals surface area contributed by atoms with Crippen molar-refractivity contribution in [2.75, 3.05) is 13.2 Å². The van der Waals surface area contributed by atoms with E-state index < -0.39 is 5.97 Å². The molecule has 5 rings (SSSR count). The van der Waals surface area contributed by atoms with Crippen LogP contribution in [-0.2, 0) is 17.7 Å². The van der Waals surface area contributed by atoms with Crippen LogP contribution in [0, 0.1) is 0 Å². The highest BCUT2D eigenvalue weighted by atomic mass is 16.6. The quantitative estimate of drug-likeness (QED) is 0.722. The molecule has 0 saturated heterocycles. The van der Waals surface area contributed by atoms with Crippen LogP contribution < -0.4 is 0 Å². The van der Waals surface area contributed by atoms with Crippen LogP contribution in [0.15, 0.2) is 54.7 Å². The van der Waals surface area contributed by atoms with E-state index in [2.05, 4.69) is 34.2 Å². The van der Waals surface area contributed by atoms with Gasteiger partial charge in [0.15, 0.2) is 0 Å². The molecule has 0 atom stereocenters. The Morgan fingerprint density at radius 3 is 2.40 bits per heavy atom.